The maximum atomic E-state index is 12.3. The third kappa shape index (κ3) is 1.98. The second-order valence-electron chi connectivity index (χ2n) is 5.18. The molecule has 2 aliphatic heterocycles. The number of nitrogens with two attached hydrogens (primary N) is 1. The predicted octanol–water partition coefficient (Wildman–Crippen LogP) is -1.29. The molecule has 0 spiro atoms. The highest BCUT2D eigenvalue weighted by Crippen LogP contribution is 2.29. The summed E-state index contributed by atoms with van der Waals surface area (Å²) in [6, 6.07) is -0.425. The Bertz CT molecular complexity index is 366. The van der Waals surface area contributed by atoms with E-state index < -0.39 is 23.0 Å². The molecule has 7 nitrogen and oxygen atoms in total. The molecule has 3 atom stereocenters. The quantitative estimate of drug-likeness (QED) is 0.581. The highest BCUT2D eigenvalue weighted by Gasteiger charge is 2.50. The van der Waals surface area contributed by atoms with Crippen molar-refractivity contribution < 1.29 is 24.2 Å². The van der Waals surface area contributed by atoms with Gasteiger partial charge in [0, 0.05) is 19.1 Å². The van der Waals surface area contributed by atoms with E-state index in [4.69, 9.17) is 15.2 Å². The lowest BCUT2D eigenvalue weighted by Crippen LogP contribution is -2.61. The van der Waals surface area contributed by atoms with Crippen molar-refractivity contribution in [3.63, 3.8) is 0 Å². The number of hydrogen-bond donors (Lipinski definition) is 3. The fourth-order valence-electron chi connectivity index (χ4n) is 2.17. The molecule has 7 heteroatoms. The smallest absolute Gasteiger partial charge is 0.331 e. The van der Waals surface area contributed by atoms with Crippen LogP contribution in [0.1, 0.15) is 13.3 Å². The second kappa shape index (κ2) is 4.49. The van der Waals surface area contributed by atoms with Crippen molar-refractivity contribution in [1.82, 2.24) is 5.32 Å². The zero-order valence-electron chi connectivity index (χ0n) is 10.3. The number of carbonyl (C=O) groups excluding carboxylic acids is 1. The van der Waals surface area contributed by atoms with Crippen molar-refractivity contribution in [2.75, 3.05) is 26.4 Å². The van der Waals surface area contributed by atoms with Crippen molar-refractivity contribution in [2.24, 2.45) is 11.1 Å². The Kier molecular flexibility index (Phi) is 3.31. The highest BCUT2D eigenvalue weighted by molar-refractivity contribution is 5.90. The topological polar surface area (TPSA) is 111 Å². The molecule has 2 aliphatic rings. The van der Waals surface area contributed by atoms with Crippen LogP contribution in [0, 0.1) is 5.41 Å². The Labute approximate surface area is 105 Å². The zero-order chi connectivity index (χ0) is 13.4. The first-order valence-electron chi connectivity index (χ1n) is 5.88. The number of amides is 1. The van der Waals surface area contributed by atoms with E-state index in [1.54, 1.807) is 6.92 Å². The van der Waals surface area contributed by atoms with Gasteiger partial charge in [-0.25, -0.2) is 4.79 Å². The van der Waals surface area contributed by atoms with Crippen LogP contribution in [0.5, 0.6) is 0 Å². The molecule has 0 aliphatic carbocycles. The van der Waals surface area contributed by atoms with Crippen LogP contribution in [0.15, 0.2) is 0 Å². The fourth-order valence-corrected chi connectivity index (χ4v) is 2.17. The summed E-state index contributed by atoms with van der Waals surface area (Å²) in [4.78, 5) is 23.6. The molecule has 0 saturated carbocycles. The van der Waals surface area contributed by atoms with Crippen molar-refractivity contribution in [3.05, 3.63) is 0 Å². The molecular weight excluding hydrogens is 240 g/mol. The zero-order valence-corrected chi connectivity index (χ0v) is 10.3. The largest absolute Gasteiger partial charge is 0.479 e. The van der Waals surface area contributed by atoms with Gasteiger partial charge >= 0.3 is 5.97 Å². The third-order valence-electron chi connectivity index (χ3n) is 3.82. The molecular formula is C11H18N2O5. The summed E-state index contributed by atoms with van der Waals surface area (Å²) < 4.78 is 10.3. The van der Waals surface area contributed by atoms with Gasteiger partial charge in [-0.2, -0.15) is 0 Å². The third-order valence-corrected chi connectivity index (χ3v) is 3.82. The summed E-state index contributed by atoms with van der Waals surface area (Å²) in [7, 11) is 0. The number of hydrogen-bond acceptors (Lipinski definition) is 5. The van der Waals surface area contributed by atoms with E-state index >= 15 is 0 Å². The SMILES string of the molecule is CC1(C(=O)NC2(C(=O)O)CCOC2)COCC1N. The summed E-state index contributed by atoms with van der Waals surface area (Å²) in [5, 5.41) is 11.8. The van der Waals surface area contributed by atoms with E-state index in [9.17, 15) is 14.7 Å². The summed E-state index contributed by atoms with van der Waals surface area (Å²) in [5.74, 6) is -1.47. The lowest BCUT2D eigenvalue weighted by atomic mass is 9.83. The van der Waals surface area contributed by atoms with E-state index in [-0.39, 0.29) is 25.5 Å². The van der Waals surface area contributed by atoms with E-state index in [2.05, 4.69) is 5.32 Å². The van der Waals surface area contributed by atoms with Crippen LogP contribution in [-0.2, 0) is 19.1 Å². The van der Waals surface area contributed by atoms with Gasteiger partial charge in [0.05, 0.1) is 25.2 Å². The Morgan fingerprint density at radius 2 is 2.11 bits per heavy atom. The van der Waals surface area contributed by atoms with E-state index in [0.717, 1.165) is 0 Å². The molecule has 2 fully saturated rings. The number of ether oxygens (including phenoxy) is 2. The van der Waals surface area contributed by atoms with Gasteiger partial charge in [0.2, 0.25) is 5.91 Å². The maximum Gasteiger partial charge on any atom is 0.331 e. The van der Waals surface area contributed by atoms with Gasteiger partial charge in [-0.3, -0.25) is 4.79 Å². The average molecular weight is 258 g/mol. The van der Waals surface area contributed by atoms with Crippen molar-refractivity contribution in [1.29, 1.82) is 0 Å². The van der Waals surface area contributed by atoms with Gasteiger partial charge in [0.1, 0.15) is 0 Å². The summed E-state index contributed by atoms with van der Waals surface area (Å²) in [6.45, 7) is 2.51. The summed E-state index contributed by atoms with van der Waals surface area (Å²) >= 11 is 0. The first-order valence-corrected chi connectivity index (χ1v) is 5.88. The van der Waals surface area contributed by atoms with Gasteiger partial charge in [-0.05, 0) is 6.92 Å². The molecule has 1 amide bonds. The lowest BCUT2D eigenvalue weighted by molar-refractivity contribution is -0.149. The molecule has 0 aromatic carbocycles. The molecule has 0 aromatic heterocycles. The molecule has 0 radical (unpaired) electrons. The first-order chi connectivity index (χ1) is 8.41. The van der Waals surface area contributed by atoms with Crippen molar-refractivity contribution >= 4 is 11.9 Å². The Morgan fingerprint density at radius 1 is 1.39 bits per heavy atom. The summed E-state index contributed by atoms with van der Waals surface area (Å²) in [5.41, 5.74) is 3.63. The van der Waals surface area contributed by atoms with Gasteiger partial charge in [0.25, 0.3) is 0 Å². The number of aliphatic carboxylic acids is 1. The number of carboxylic acids is 1. The van der Waals surface area contributed by atoms with Gasteiger partial charge in [0.15, 0.2) is 5.54 Å². The Hall–Kier alpha value is -1.18. The molecule has 4 N–H and O–H groups in total. The van der Waals surface area contributed by atoms with E-state index in [1.165, 1.54) is 0 Å². The number of carbonyl (C=O) groups is 2. The number of carboxylic acid groups (broad SMARTS) is 1. The van der Waals surface area contributed by atoms with E-state index in [0.29, 0.717) is 13.2 Å². The molecule has 2 saturated heterocycles. The maximum absolute atomic E-state index is 12.3. The number of rotatable bonds is 3. The van der Waals surface area contributed by atoms with Gasteiger partial charge in [-0.1, -0.05) is 0 Å². The highest BCUT2D eigenvalue weighted by atomic mass is 16.5. The first kappa shape index (κ1) is 13.3. The van der Waals surface area contributed by atoms with Crippen LogP contribution < -0.4 is 11.1 Å². The van der Waals surface area contributed by atoms with Crippen molar-refractivity contribution in [2.45, 2.75) is 24.9 Å². The summed E-state index contributed by atoms with van der Waals surface area (Å²) in [6.07, 6.45) is 0.264. The minimum atomic E-state index is -1.33. The van der Waals surface area contributed by atoms with E-state index in [1.807, 2.05) is 0 Å². The van der Waals surface area contributed by atoms with Crippen LogP contribution in [-0.4, -0.2) is 55.0 Å². The fraction of sp³-hybridized carbons (Fsp3) is 0.818. The number of nitrogens with one attached hydrogen (secondary N) is 1. The van der Waals surface area contributed by atoms with Crippen LogP contribution in [0.2, 0.25) is 0 Å². The standard InChI is InChI=1S/C11H18N2O5/c1-10(5-18-4-7(10)12)8(14)13-11(9(15)16)2-3-17-6-11/h7H,2-6,12H2,1H3,(H,13,14)(H,15,16). The molecule has 102 valence electrons. The van der Waals surface area contributed by atoms with Crippen molar-refractivity contribution in [3.8, 4) is 0 Å². The minimum Gasteiger partial charge on any atom is -0.479 e. The van der Waals surface area contributed by atoms with Crippen LogP contribution in [0.4, 0.5) is 0 Å². The minimum absolute atomic E-state index is 0.0136. The van der Waals surface area contributed by atoms with Gasteiger partial charge in [-0.15, -0.1) is 0 Å². The monoisotopic (exact) mass is 258 g/mol. The molecule has 18 heavy (non-hydrogen) atoms. The molecule has 2 heterocycles. The molecule has 3 unspecified atom stereocenters. The Balaban J connectivity index is 2.13. The molecule has 2 rings (SSSR count). The van der Waals surface area contributed by atoms with Crippen LogP contribution >= 0.6 is 0 Å². The predicted molar refractivity (Wildman–Crippen MR) is 60.8 cm³/mol. The lowest BCUT2D eigenvalue weighted by Gasteiger charge is -2.31. The van der Waals surface area contributed by atoms with Crippen LogP contribution in [0.3, 0.4) is 0 Å². The molecule has 0 bridgehead atoms. The molecule has 0 aromatic rings. The normalized spacial score (nSPS) is 39.8. The second-order valence-corrected chi connectivity index (χ2v) is 5.18. The Morgan fingerprint density at radius 3 is 2.56 bits per heavy atom. The van der Waals surface area contributed by atoms with Crippen LogP contribution in [0.25, 0.3) is 0 Å². The average Bonchev–Trinajstić information content (AvgIpc) is 2.89. The van der Waals surface area contributed by atoms with Gasteiger partial charge < -0.3 is 25.6 Å².